The molecule has 0 aromatic heterocycles. The van der Waals surface area contributed by atoms with Crippen molar-refractivity contribution in [2.75, 3.05) is 13.2 Å². The quantitative estimate of drug-likeness (QED) is 0.208. The summed E-state index contributed by atoms with van der Waals surface area (Å²) in [5.41, 5.74) is 5.15. The van der Waals surface area contributed by atoms with E-state index in [1.165, 1.54) is 6.92 Å². The van der Waals surface area contributed by atoms with Crippen LogP contribution in [-0.4, -0.2) is 76.4 Å². The van der Waals surface area contributed by atoms with Crippen LogP contribution >= 0.6 is 0 Å². The second kappa shape index (κ2) is 10.6. The van der Waals surface area contributed by atoms with E-state index in [4.69, 9.17) is 15.9 Å². The molecule has 11 heteroatoms. The average molecular weight is 362 g/mol. The van der Waals surface area contributed by atoms with Crippen LogP contribution in [0.15, 0.2) is 0 Å². The van der Waals surface area contributed by atoms with Crippen LogP contribution in [0.5, 0.6) is 0 Å². The topological polar surface area (TPSA) is 191 Å². The molecule has 0 aliphatic heterocycles. The molecule has 4 atom stereocenters. The maximum atomic E-state index is 12.3. The fraction of sp³-hybridized carbons (Fsp3) is 0.714. The Hall–Kier alpha value is -2.24. The largest absolute Gasteiger partial charge is 0.480 e. The highest BCUT2D eigenvalue weighted by molar-refractivity contribution is 5.94. The fourth-order valence-electron chi connectivity index (χ4n) is 1.86. The summed E-state index contributed by atoms with van der Waals surface area (Å²) < 4.78 is 0. The molecule has 0 saturated heterocycles. The predicted molar refractivity (Wildman–Crippen MR) is 86.1 cm³/mol. The van der Waals surface area contributed by atoms with Crippen molar-refractivity contribution in [2.24, 2.45) is 11.7 Å². The second-order valence-corrected chi connectivity index (χ2v) is 5.80. The zero-order chi connectivity index (χ0) is 19.7. The normalized spacial score (nSPS) is 15.6. The van der Waals surface area contributed by atoms with Crippen LogP contribution in [0, 0.1) is 5.92 Å². The summed E-state index contributed by atoms with van der Waals surface area (Å²) in [5.74, 6) is -4.18. The van der Waals surface area contributed by atoms with Crippen LogP contribution in [0.2, 0.25) is 0 Å². The molecule has 0 radical (unpaired) electrons. The Morgan fingerprint density at radius 1 is 0.960 bits per heavy atom. The summed E-state index contributed by atoms with van der Waals surface area (Å²) in [7, 11) is 0. The van der Waals surface area contributed by atoms with Crippen molar-refractivity contribution in [2.45, 2.75) is 45.0 Å². The Kier molecular flexibility index (Phi) is 9.64. The Morgan fingerprint density at radius 3 is 1.84 bits per heavy atom. The number of aliphatic hydroxyl groups is 2. The molecule has 0 aromatic carbocycles. The van der Waals surface area contributed by atoms with Crippen molar-refractivity contribution in [3.05, 3.63) is 0 Å². The Labute approximate surface area is 145 Å². The van der Waals surface area contributed by atoms with Gasteiger partial charge in [0.05, 0.1) is 19.3 Å². The first-order valence-electron chi connectivity index (χ1n) is 7.67. The highest BCUT2D eigenvalue weighted by Gasteiger charge is 2.32. The molecule has 0 aliphatic rings. The van der Waals surface area contributed by atoms with E-state index in [1.54, 1.807) is 13.8 Å². The van der Waals surface area contributed by atoms with Crippen molar-refractivity contribution < 1.29 is 34.5 Å². The number of carboxylic acid groups (broad SMARTS) is 1. The van der Waals surface area contributed by atoms with Gasteiger partial charge in [0.1, 0.15) is 18.1 Å². The number of amides is 3. The van der Waals surface area contributed by atoms with Gasteiger partial charge in [0, 0.05) is 0 Å². The molecule has 0 aromatic rings. The van der Waals surface area contributed by atoms with Crippen LogP contribution in [0.25, 0.3) is 0 Å². The number of carbonyl (C=O) groups excluding carboxylic acids is 3. The Morgan fingerprint density at radius 2 is 1.48 bits per heavy atom. The van der Waals surface area contributed by atoms with Crippen molar-refractivity contribution in [3.8, 4) is 0 Å². The van der Waals surface area contributed by atoms with Crippen LogP contribution in [0.1, 0.15) is 20.8 Å². The Bertz CT molecular complexity index is 496. The number of hydrogen-bond donors (Lipinski definition) is 7. The first-order valence-corrected chi connectivity index (χ1v) is 7.67. The summed E-state index contributed by atoms with van der Waals surface area (Å²) in [4.78, 5) is 46.7. The third-order valence-corrected chi connectivity index (χ3v) is 3.31. The van der Waals surface area contributed by atoms with Crippen molar-refractivity contribution in [3.63, 3.8) is 0 Å². The minimum atomic E-state index is -1.52. The van der Waals surface area contributed by atoms with Gasteiger partial charge in [0.15, 0.2) is 0 Å². The zero-order valence-corrected chi connectivity index (χ0v) is 14.4. The molecule has 144 valence electrons. The van der Waals surface area contributed by atoms with Gasteiger partial charge < -0.3 is 37.0 Å². The van der Waals surface area contributed by atoms with E-state index < -0.39 is 60.4 Å². The lowest BCUT2D eigenvalue weighted by Gasteiger charge is -2.27. The number of hydrogen-bond acceptors (Lipinski definition) is 7. The standard InChI is InChI=1S/C14H26N4O7/c1-6(2)10(12(22)16-8(5-19)14(24)25)18-13(23)11(7(3)20)17-9(21)4-15/h6-8,10-11,19-20H,4-5,15H2,1-3H3,(H,16,22)(H,17,21)(H,18,23)(H,24,25). The summed E-state index contributed by atoms with van der Waals surface area (Å²) in [6.45, 7) is 3.28. The lowest BCUT2D eigenvalue weighted by molar-refractivity contribution is -0.143. The van der Waals surface area contributed by atoms with E-state index in [-0.39, 0.29) is 6.54 Å². The molecule has 11 nitrogen and oxygen atoms in total. The van der Waals surface area contributed by atoms with Gasteiger partial charge in [-0.25, -0.2) is 4.79 Å². The average Bonchev–Trinajstić information content (AvgIpc) is 2.53. The Balaban J connectivity index is 5.15. The summed E-state index contributed by atoms with van der Waals surface area (Å²) in [5, 5.41) is 34.1. The summed E-state index contributed by atoms with van der Waals surface area (Å²) >= 11 is 0. The fourth-order valence-corrected chi connectivity index (χ4v) is 1.86. The van der Waals surface area contributed by atoms with Crippen LogP contribution in [0.4, 0.5) is 0 Å². The molecule has 0 aliphatic carbocycles. The van der Waals surface area contributed by atoms with E-state index in [0.29, 0.717) is 0 Å². The van der Waals surface area contributed by atoms with Gasteiger partial charge >= 0.3 is 5.97 Å². The maximum Gasteiger partial charge on any atom is 0.328 e. The molecule has 0 fully saturated rings. The van der Waals surface area contributed by atoms with Crippen molar-refractivity contribution in [1.82, 2.24) is 16.0 Å². The smallest absolute Gasteiger partial charge is 0.328 e. The lowest BCUT2D eigenvalue weighted by atomic mass is 10.0. The predicted octanol–water partition coefficient (Wildman–Crippen LogP) is -3.49. The van der Waals surface area contributed by atoms with Gasteiger partial charge in [-0.3, -0.25) is 14.4 Å². The van der Waals surface area contributed by atoms with Gasteiger partial charge in [0.2, 0.25) is 17.7 Å². The van der Waals surface area contributed by atoms with Gasteiger partial charge in [-0.1, -0.05) is 13.8 Å². The molecular weight excluding hydrogens is 336 g/mol. The van der Waals surface area contributed by atoms with Crippen LogP contribution in [0.3, 0.4) is 0 Å². The highest BCUT2D eigenvalue weighted by Crippen LogP contribution is 2.04. The summed E-state index contributed by atoms with van der Waals surface area (Å²) in [6, 6.07) is -4.00. The lowest BCUT2D eigenvalue weighted by Crippen LogP contribution is -2.60. The van der Waals surface area contributed by atoms with Gasteiger partial charge in [0.25, 0.3) is 0 Å². The number of nitrogens with one attached hydrogen (secondary N) is 3. The molecule has 0 bridgehead atoms. The highest BCUT2D eigenvalue weighted by atomic mass is 16.4. The van der Waals surface area contributed by atoms with Crippen molar-refractivity contribution >= 4 is 23.7 Å². The van der Waals surface area contributed by atoms with E-state index in [0.717, 1.165) is 0 Å². The minimum Gasteiger partial charge on any atom is -0.480 e. The van der Waals surface area contributed by atoms with Crippen molar-refractivity contribution in [1.29, 1.82) is 0 Å². The monoisotopic (exact) mass is 362 g/mol. The van der Waals surface area contributed by atoms with E-state index >= 15 is 0 Å². The number of carboxylic acids is 1. The SMILES string of the molecule is CC(C)C(NC(=O)C(NC(=O)CN)C(C)O)C(=O)NC(CO)C(=O)O. The maximum absolute atomic E-state index is 12.3. The molecule has 4 unspecified atom stereocenters. The molecule has 0 rings (SSSR count). The van der Waals surface area contributed by atoms with E-state index in [9.17, 15) is 24.3 Å². The third kappa shape index (κ3) is 7.45. The first kappa shape index (κ1) is 22.8. The molecule has 25 heavy (non-hydrogen) atoms. The molecule has 0 saturated carbocycles. The number of carbonyl (C=O) groups is 4. The van der Waals surface area contributed by atoms with Crippen LogP contribution in [-0.2, 0) is 19.2 Å². The molecule has 3 amide bonds. The summed E-state index contributed by atoms with van der Waals surface area (Å²) in [6.07, 6.45) is -1.25. The molecule has 0 heterocycles. The third-order valence-electron chi connectivity index (χ3n) is 3.31. The van der Waals surface area contributed by atoms with E-state index in [1.807, 2.05) is 0 Å². The second-order valence-electron chi connectivity index (χ2n) is 5.80. The number of aliphatic carboxylic acids is 1. The first-order chi connectivity index (χ1) is 11.5. The minimum absolute atomic E-state index is 0.388. The van der Waals surface area contributed by atoms with Gasteiger partial charge in [-0.05, 0) is 12.8 Å². The van der Waals surface area contributed by atoms with Gasteiger partial charge in [-0.15, -0.1) is 0 Å². The van der Waals surface area contributed by atoms with Gasteiger partial charge in [-0.2, -0.15) is 0 Å². The number of nitrogens with two attached hydrogens (primary N) is 1. The van der Waals surface area contributed by atoms with E-state index in [2.05, 4.69) is 16.0 Å². The zero-order valence-electron chi connectivity index (χ0n) is 14.4. The number of aliphatic hydroxyl groups excluding tert-OH is 2. The molecule has 0 spiro atoms. The number of rotatable bonds is 10. The molecule has 8 N–H and O–H groups in total. The molecular formula is C14H26N4O7. The van der Waals surface area contributed by atoms with Crippen LogP contribution < -0.4 is 21.7 Å².